The Kier molecular flexibility index (Phi) is 2.18. The van der Waals surface area contributed by atoms with E-state index in [2.05, 4.69) is 0 Å². The third kappa shape index (κ3) is 1.38. The van der Waals surface area contributed by atoms with Crippen LogP contribution in [0, 0.1) is 0 Å². The lowest BCUT2D eigenvalue weighted by atomic mass is 10.3. The van der Waals surface area contributed by atoms with Gasteiger partial charge >= 0.3 is 0 Å². The van der Waals surface area contributed by atoms with Gasteiger partial charge < -0.3 is 5.01 Å². The normalized spacial score (nSPS) is 26.5. The maximum atomic E-state index is 13.1. The van der Waals surface area contributed by atoms with Crippen LogP contribution in [0.1, 0.15) is 20.8 Å². The van der Waals surface area contributed by atoms with E-state index < -0.39 is 6.30 Å². The molecule has 0 bridgehead atoms. The van der Waals surface area contributed by atoms with Crippen molar-refractivity contribution in [2.75, 3.05) is 7.05 Å². The molecule has 0 spiro atoms. The van der Waals surface area contributed by atoms with Crippen molar-refractivity contribution >= 4 is 0 Å². The van der Waals surface area contributed by atoms with Crippen molar-refractivity contribution in [2.45, 2.75) is 33.1 Å². The second kappa shape index (κ2) is 2.81. The van der Waals surface area contributed by atoms with Crippen LogP contribution in [0.2, 0.25) is 0 Å². The number of hydrazine groups is 1. The van der Waals surface area contributed by atoms with E-state index in [0.29, 0.717) is 6.04 Å². The first-order valence-electron chi connectivity index (χ1n) is 3.87. The summed E-state index contributed by atoms with van der Waals surface area (Å²) in [6.45, 7) is 5.89. The molecule has 1 aliphatic rings. The zero-order chi connectivity index (χ0) is 8.59. The van der Waals surface area contributed by atoms with E-state index in [1.807, 2.05) is 32.0 Å². The van der Waals surface area contributed by atoms with Crippen molar-refractivity contribution < 1.29 is 4.39 Å². The average molecular weight is 158 g/mol. The third-order valence-electron chi connectivity index (χ3n) is 1.93. The topological polar surface area (TPSA) is 6.48 Å². The second-order valence-electron chi connectivity index (χ2n) is 3.26. The first kappa shape index (κ1) is 8.53. The van der Waals surface area contributed by atoms with Crippen LogP contribution in [-0.4, -0.2) is 29.4 Å². The molecule has 64 valence electrons. The van der Waals surface area contributed by atoms with Crippen molar-refractivity contribution in [2.24, 2.45) is 0 Å². The molecule has 1 unspecified atom stereocenters. The number of rotatable bonds is 1. The minimum atomic E-state index is -0.933. The lowest BCUT2D eigenvalue weighted by molar-refractivity contribution is -0.0280. The standard InChI is InChI=1S/C8H15FN2/c1-6(2)11-5-7(3)8(9)10(11)4/h5-6,8H,1-4H3. The van der Waals surface area contributed by atoms with E-state index in [0.717, 1.165) is 5.57 Å². The summed E-state index contributed by atoms with van der Waals surface area (Å²) in [6.07, 6.45) is 0.924. The highest BCUT2D eigenvalue weighted by molar-refractivity contribution is 5.08. The minimum absolute atomic E-state index is 0.329. The fraction of sp³-hybridized carbons (Fsp3) is 0.750. The van der Waals surface area contributed by atoms with Crippen LogP contribution in [0.15, 0.2) is 11.8 Å². The van der Waals surface area contributed by atoms with E-state index in [1.54, 1.807) is 12.1 Å². The summed E-state index contributed by atoms with van der Waals surface area (Å²) in [5.74, 6) is 0. The van der Waals surface area contributed by atoms with Gasteiger partial charge in [-0.2, -0.15) is 5.01 Å². The summed E-state index contributed by atoms with van der Waals surface area (Å²) < 4.78 is 13.1. The van der Waals surface area contributed by atoms with Crippen LogP contribution in [0.3, 0.4) is 0 Å². The van der Waals surface area contributed by atoms with Gasteiger partial charge in [-0.3, -0.25) is 0 Å². The lowest BCUT2D eigenvalue weighted by Crippen LogP contribution is -2.40. The molecule has 2 nitrogen and oxygen atoms in total. The summed E-state index contributed by atoms with van der Waals surface area (Å²) in [7, 11) is 1.76. The van der Waals surface area contributed by atoms with Crippen LogP contribution < -0.4 is 0 Å². The molecule has 0 aliphatic carbocycles. The maximum Gasteiger partial charge on any atom is 0.192 e. The highest BCUT2D eigenvalue weighted by Gasteiger charge is 2.28. The Bertz CT molecular complexity index is 177. The van der Waals surface area contributed by atoms with Crippen molar-refractivity contribution in [3.63, 3.8) is 0 Å². The van der Waals surface area contributed by atoms with Crippen LogP contribution >= 0.6 is 0 Å². The lowest BCUT2D eigenvalue weighted by Gasteiger charge is -2.29. The summed E-state index contributed by atoms with van der Waals surface area (Å²) in [4.78, 5) is 0. The molecule has 0 amide bonds. The largest absolute Gasteiger partial charge is 0.308 e. The Morgan fingerprint density at radius 3 is 2.27 bits per heavy atom. The smallest absolute Gasteiger partial charge is 0.192 e. The van der Waals surface area contributed by atoms with Gasteiger partial charge in [0.15, 0.2) is 6.30 Å². The maximum absolute atomic E-state index is 13.1. The van der Waals surface area contributed by atoms with E-state index in [9.17, 15) is 4.39 Å². The van der Waals surface area contributed by atoms with Crippen molar-refractivity contribution in [3.8, 4) is 0 Å². The van der Waals surface area contributed by atoms with Gasteiger partial charge in [0.25, 0.3) is 0 Å². The Balaban J connectivity index is 2.72. The Morgan fingerprint density at radius 2 is 2.09 bits per heavy atom. The van der Waals surface area contributed by atoms with Crippen LogP contribution in [-0.2, 0) is 0 Å². The van der Waals surface area contributed by atoms with Gasteiger partial charge in [0.2, 0.25) is 0 Å². The fourth-order valence-electron chi connectivity index (χ4n) is 1.29. The van der Waals surface area contributed by atoms with E-state index in [1.165, 1.54) is 0 Å². The molecule has 1 aliphatic heterocycles. The van der Waals surface area contributed by atoms with Crippen LogP contribution in [0.4, 0.5) is 4.39 Å². The summed E-state index contributed by atoms with van der Waals surface area (Å²) in [5.41, 5.74) is 0.779. The van der Waals surface area contributed by atoms with Gasteiger partial charge in [-0.25, -0.2) is 4.39 Å². The predicted molar refractivity (Wildman–Crippen MR) is 43.4 cm³/mol. The van der Waals surface area contributed by atoms with Crippen molar-refractivity contribution in [3.05, 3.63) is 11.8 Å². The highest BCUT2D eigenvalue weighted by Crippen LogP contribution is 2.23. The molecule has 1 heterocycles. The molecular weight excluding hydrogens is 143 g/mol. The third-order valence-corrected chi connectivity index (χ3v) is 1.93. The molecule has 0 aromatic carbocycles. The minimum Gasteiger partial charge on any atom is -0.308 e. The van der Waals surface area contributed by atoms with Gasteiger partial charge in [-0.1, -0.05) is 0 Å². The monoisotopic (exact) mass is 158 g/mol. The van der Waals surface area contributed by atoms with Gasteiger partial charge in [-0.15, -0.1) is 0 Å². The summed E-state index contributed by atoms with van der Waals surface area (Å²) in [6, 6.07) is 0.329. The van der Waals surface area contributed by atoms with Gasteiger partial charge in [0.05, 0.1) is 0 Å². The number of nitrogens with zero attached hydrogens (tertiary/aromatic N) is 2. The molecular formula is C8H15FN2. The molecule has 1 atom stereocenters. The number of alkyl halides is 1. The molecule has 0 radical (unpaired) electrons. The number of hydrogen-bond acceptors (Lipinski definition) is 2. The molecule has 0 saturated carbocycles. The van der Waals surface area contributed by atoms with Gasteiger partial charge in [0, 0.05) is 19.3 Å². The fourth-order valence-corrected chi connectivity index (χ4v) is 1.29. The predicted octanol–water partition coefficient (Wildman–Crippen LogP) is 1.76. The Labute approximate surface area is 67.3 Å². The SMILES string of the molecule is CC1=CN(C(C)C)N(C)C1F. The van der Waals surface area contributed by atoms with Crippen molar-refractivity contribution in [1.82, 2.24) is 10.0 Å². The van der Waals surface area contributed by atoms with E-state index in [-0.39, 0.29) is 0 Å². The van der Waals surface area contributed by atoms with Crippen molar-refractivity contribution in [1.29, 1.82) is 0 Å². The zero-order valence-corrected chi connectivity index (χ0v) is 7.50. The Morgan fingerprint density at radius 1 is 1.55 bits per heavy atom. The van der Waals surface area contributed by atoms with Crippen LogP contribution in [0.5, 0.6) is 0 Å². The number of hydrogen-bond donors (Lipinski definition) is 0. The van der Waals surface area contributed by atoms with Crippen LogP contribution in [0.25, 0.3) is 0 Å². The van der Waals surface area contributed by atoms with Gasteiger partial charge in [-0.05, 0) is 26.3 Å². The molecule has 0 aromatic rings. The van der Waals surface area contributed by atoms with E-state index >= 15 is 0 Å². The quantitative estimate of drug-likeness (QED) is 0.536. The molecule has 0 aromatic heterocycles. The number of halogens is 1. The molecule has 0 N–H and O–H groups in total. The molecule has 11 heavy (non-hydrogen) atoms. The molecule has 0 saturated heterocycles. The van der Waals surface area contributed by atoms with Gasteiger partial charge in [0.1, 0.15) is 0 Å². The average Bonchev–Trinajstić information content (AvgIpc) is 2.17. The Hall–Kier alpha value is -0.570. The summed E-state index contributed by atoms with van der Waals surface area (Å²) >= 11 is 0. The highest BCUT2D eigenvalue weighted by atomic mass is 19.1. The zero-order valence-electron chi connectivity index (χ0n) is 7.50. The van der Waals surface area contributed by atoms with E-state index in [4.69, 9.17) is 0 Å². The summed E-state index contributed by atoms with van der Waals surface area (Å²) in [5, 5.41) is 3.51. The molecule has 3 heteroatoms. The first-order valence-corrected chi connectivity index (χ1v) is 3.87. The second-order valence-corrected chi connectivity index (χ2v) is 3.26. The molecule has 1 rings (SSSR count). The first-order chi connectivity index (χ1) is 5.04. The number of likely N-dealkylation sites (N-methyl/N-ethyl adjacent to an activating group) is 1. The molecule has 0 fully saturated rings.